The van der Waals surface area contributed by atoms with E-state index in [1.807, 2.05) is 0 Å². The fraction of sp³-hybridized carbons (Fsp3) is 0.182. The number of halogens is 3. The highest BCUT2D eigenvalue weighted by Gasteiger charge is 2.29. The van der Waals surface area contributed by atoms with E-state index in [0.29, 0.717) is 11.1 Å². The molecule has 1 aromatic carbocycles. The zero-order chi connectivity index (χ0) is 12.5. The van der Waals surface area contributed by atoms with Crippen LogP contribution < -0.4 is 5.73 Å². The van der Waals surface area contributed by atoms with Crippen molar-refractivity contribution in [1.29, 1.82) is 0 Å². The molecule has 0 amide bonds. The van der Waals surface area contributed by atoms with E-state index in [1.165, 1.54) is 12.3 Å². The first-order chi connectivity index (χ1) is 7.97. The van der Waals surface area contributed by atoms with Gasteiger partial charge in [-0.15, -0.1) is 0 Å². The molecule has 0 saturated heterocycles. The van der Waals surface area contributed by atoms with Gasteiger partial charge in [0.1, 0.15) is 5.82 Å². The third-order valence-corrected chi connectivity index (χ3v) is 2.37. The molecule has 0 aliphatic carbocycles. The number of benzene rings is 1. The van der Waals surface area contributed by atoms with E-state index >= 15 is 0 Å². The number of aromatic nitrogens is 2. The van der Waals surface area contributed by atoms with Gasteiger partial charge >= 0.3 is 6.18 Å². The maximum Gasteiger partial charge on any atom is 0.393 e. The quantitative estimate of drug-likeness (QED) is 0.849. The van der Waals surface area contributed by atoms with Gasteiger partial charge in [-0.3, -0.25) is 5.10 Å². The lowest BCUT2D eigenvalue weighted by Gasteiger charge is -2.11. The van der Waals surface area contributed by atoms with Crippen LogP contribution in [0.1, 0.15) is 5.56 Å². The molecular weight excluding hydrogens is 231 g/mol. The van der Waals surface area contributed by atoms with Gasteiger partial charge < -0.3 is 5.73 Å². The van der Waals surface area contributed by atoms with Crippen LogP contribution in [-0.2, 0) is 6.42 Å². The van der Waals surface area contributed by atoms with Crippen LogP contribution >= 0.6 is 0 Å². The summed E-state index contributed by atoms with van der Waals surface area (Å²) in [6.45, 7) is 0. The first-order valence-corrected chi connectivity index (χ1v) is 4.91. The zero-order valence-corrected chi connectivity index (χ0v) is 8.75. The second-order valence-corrected chi connectivity index (χ2v) is 3.65. The SMILES string of the molecule is Nc1[nH]ncc1-c1ccccc1CC(F)(F)F. The Morgan fingerprint density at radius 1 is 1.18 bits per heavy atom. The van der Waals surface area contributed by atoms with Gasteiger partial charge in [0.05, 0.1) is 12.6 Å². The summed E-state index contributed by atoms with van der Waals surface area (Å²) in [5.74, 6) is 0.264. The molecule has 0 bridgehead atoms. The lowest BCUT2D eigenvalue weighted by atomic mass is 9.99. The number of anilines is 1. The van der Waals surface area contributed by atoms with E-state index in [4.69, 9.17) is 5.73 Å². The lowest BCUT2D eigenvalue weighted by molar-refractivity contribution is -0.127. The van der Waals surface area contributed by atoms with Crippen LogP contribution in [-0.4, -0.2) is 16.4 Å². The molecular formula is C11H10F3N3. The summed E-state index contributed by atoms with van der Waals surface area (Å²) in [5.41, 5.74) is 6.74. The van der Waals surface area contributed by atoms with Crippen molar-refractivity contribution in [3.8, 4) is 11.1 Å². The Balaban J connectivity index is 2.45. The summed E-state index contributed by atoms with van der Waals surface area (Å²) < 4.78 is 37.2. The number of hydrogen-bond donors (Lipinski definition) is 2. The lowest BCUT2D eigenvalue weighted by Crippen LogP contribution is -2.12. The molecule has 17 heavy (non-hydrogen) atoms. The van der Waals surface area contributed by atoms with Gasteiger partial charge in [0.25, 0.3) is 0 Å². The average molecular weight is 241 g/mol. The summed E-state index contributed by atoms with van der Waals surface area (Å²) in [7, 11) is 0. The number of aromatic amines is 1. The number of nitrogens with zero attached hydrogens (tertiary/aromatic N) is 1. The average Bonchev–Trinajstić information content (AvgIpc) is 2.63. The summed E-state index contributed by atoms with van der Waals surface area (Å²) in [6.07, 6.45) is -3.80. The number of rotatable bonds is 2. The van der Waals surface area contributed by atoms with Crippen LogP contribution in [0.4, 0.5) is 19.0 Å². The Morgan fingerprint density at radius 3 is 2.47 bits per heavy atom. The van der Waals surface area contributed by atoms with E-state index in [2.05, 4.69) is 10.2 Å². The molecule has 2 aromatic rings. The van der Waals surface area contributed by atoms with Crippen molar-refractivity contribution in [2.75, 3.05) is 5.73 Å². The Bertz CT molecular complexity index is 517. The largest absolute Gasteiger partial charge is 0.393 e. The van der Waals surface area contributed by atoms with Crippen molar-refractivity contribution in [1.82, 2.24) is 10.2 Å². The first-order valence-electron chi connectivity index (χ1n) is 4.91. The molecule has 0 atom stereocenters. The molecule has 0 aliphatic rings. The molecule has 0 radical (unpaired) electrons. The van der Waals surface area contributed by atoms with Crippen molar-refractivity contribution in [2.24, 2.45) is 0 Å². The minimum absolute atomic E-state index is 0.188. The minimum atomic E-state index is -4.24. The molecule has 0 spiro atoms. The Hall–Kier alpha value is -1.98. The van der Waals surface area contributed by atoms with Gasteiger partial charge in [-0.1, -0.05) is 24.3 Å². The van der Waals surface area contributed by atoms with Gasteiger partial charge in [-0.05, 0) is 11.1 Å². The highest BCUT2D eigenvalue weighted by atomic mass is 19.4. The molecule has 6 heteroatoms. The van der Waals surface area contributed by atoms with Crippen LogP contribution in [0.3, 0.4) is 0 Å². The molecule has 0 unspecified atom stereocenters. The smallest absolute Gasteiger partial charge is 0.384 e. The molecule has 2 rings (SSSR count). The zero-order valence-electron chi connectivity index (χ0n) is 8.75. The second kappa shape index (κ2) is 4.12. The molecule has 3 nitrogen and oxygen atoms in total. The van der Waals surface area contributed by atoms with Gasteiger partial charge in [0.15, 0.2) is 0 Å². The maximum absolute atomic E-state index is 12.4. The standard InChI is InChI=1S/C11H10F3N3/c12-11(13,14)5-7-3-1-2-4-8(7)9-6-16-17-10(9)15/h1-4,6H,5H2,(H3,15,16,17). The van der Waals surface area contributed by atoms with E-state index in [-0.39, 0.29) is 11.4 Å². The second-order valence-electron chi connectivity index (χ2n) is 3.65. The van der Waals surface area contributed by atoms with Crippen molar-refractivity contribution < 1.29 is 13.2 Å². The molecule has 0 fully saturated rings. The summed E-state index contributed by atoms with van der Waals surface area (Å²) in [5, 5.41) is 6.21. The predicted molar refractivity (Wildman–Crippen MR) is 58.2 cm³/mol. The van der Waals surface area contributed by atoms with Crippen LogP contribution in [0.25, 0.3) is 11.1 Å². The summed E-state index contributed by atoms with van der Waals surface area (Å²) in [4.78, 5) is 0. The topological polar surface area (TPSA) is 54.7 Å². The highest BCUT2D eigenvalue weighted by Crippen LogP contribution is 2.31. The number of alkyl halides is 3. The molecule has 0 saturated carbocycles. The third kappa shape index (κ3) is 2.58. The van der Waals surface area contributed by atoms with Crippen LogP contribution in [0, 0.1) is 0 Å². The van der Waals surface area contributed by atoms with Crippen LogP contribution in [0.15, 0.2) is 30.5 Å². The van der Waals surface area contributed by atoms with Gasteiger partial charge in [0, 0.05) is 5.56 Å². The van der Waals surface area contributed by atoms with Gasteiger partial charge in [-0.2, -0.15) is 18.3 Å². The third-order valence-electron chi connectivity index (χ3n) is 2.37. The Kier molecular flexibility index (Phi) is 2.79. The number of H-pyrrole nitrogens is 1. The van der Waals surface area contributed by atoms with Gasteiger partial charge in [0.2, 0.25) is 0 Å². The molecule has 3 N–H and O–H groups in total. The van der Waals surface area contributed by atoms with Crippen molar-refractivity contribution in [3.05, 3.63) is 36.0 Å². The van der Waals surface area contributed by atoms with Crippen molar-refractivity contribution in [3.63, 3.8) is 0 Å². The Labute approximate surface area is 95.5 Å². The summed E-state index contributed by atoms with van der Waals surface area (Å²) >= 11 is 0. The highest BCUT2D eigenvalue weighted by molar-refractivity contribution is 5.75. The number of nitrogens with two attached hydrogens (primary N) is 1. The van der Waals surface area contributed by atoms with Crippen LogP contribution in [0.5, 0.6) is 0 Å². The van der Waals surface area contributed by atoms with Gasteiger partial charge in [-0.25, -0.2) is 0 Å². The summed E-state index contributed by atoms with van der Waals surface area (Å²) in [6, 6.07) is 6.28. The van der Waals surface area contributed by atoms with Crippen molar-refractivity contribution >= 4 is 5.82 Å². The van der Waals surface area contributed by atoms with E-state index in [1.54, 1.807) is 18.2 Å². The van der Waals surface area contributed by atoms with E-state index in [9.17, 15) is 13.2 Å². The monoisotopic (exact) mass is 241 g/mol. The normalized spacial score (nSPS) is 11.7. The number of nitrogen functional groups attached to an aromatic ring is 1. The molecule has 0 aliphatic heterocycles. The molecule has 1 aromatic heterocycles. The predicted octanol–water partition coefficient (Wildman–Crippen LogP) is 2.76. The minimum Gasteiger partial charge on any atom is -0.384 e. The number of hydrogen-bond acceptors (Lipinski definition) is 2. The van der Waals surface area contributed by atoms with E-state index < -0.39 is 12.6 Å². The first kappa shape index (κ1) is 11.5. The molecule has 90 valence electrons. The Morgan fingerprint density at radius 2 is 1.88 bits per heavy atom. The maximum atomic E-state index is 12.4. The van der Waals surface area contributed by atoms with E-state index in [0.717, 1.165) is 0 Å². The molecule has 1 heterocycles. The fourth-order valence-electron chi connectivity index (χ4n) is 1.66. The number of nitrogens with one attached hydrogen (secondary N) is 1. The fourth-order valence-corrected chi connectivity index (χ4v) is 1.66. The van der Waals surface area contributed by atoms with Crippen LogP contribution in [0.2, 0.25) is 0 Å². The van der Waals surface area contributed by atoms with Crippen molar-refractivity contribution in [2.45, 2.75) is 12.6 Å².